The second-order valence-corrected chi connectivity index (χ2v) is 11.4. The molecule has 0 spiro atoms. The molecule has 0 aromatic carbocycles. The van der Waals surface area contributed by atoms with E-state index in [1.54, 1.807) is 22.3 Å². The summed E-state index contributed by atoms with van der Waals surface area (Å²) in [4.78, 5) is 0. The SMILES string of the molecule is CCCCOC1=CC(C2=CCC(C)CC2)CC2=C(CC)CC(C)(C3=CCCC(C)C3)C=C12. The van der Waals surface area contributed by atoms with Crippen molar-refractivity contribution in [2.45, 2.75) is 105 Å². The van der Waals surface area contributed by atoms with E-state index < -0.39 is 0 Å². The van der Waals surface area contributed by atoms with E-state index in [9.17, 15) is 0 Å². The third-order valence-electron chi connectivity index (χ3n) is 8.56. The minimum absolute atomic E-state index is 0.151. The molecule has 4 atom stereocenters. The van der Waals surface area contributed by atoms with Gasteiger partial charge in [-0.15, -0.1) is 0 Å². The van der Waals surface area contributed by atoms with Gasteiger partial charge >= 0.3 is 0 Å². The molecule has 1 nitrogen and oxygen atoms in total. The lowest BCUT2D eigenvalue weighted by atomic mass is 9.64. The minimum Gasteiger partial charge on any atom is -0.493 e. The Bertz CT molecular complexity index is 848. The molecule has 176 valence electrons. The maximum Gasteiger partial charge on any atom is 0.123 e. The van der Waals surface area contributed by atoms with Crippen LogP contribution in [0.1, 0.15) is 105 Å². The van der Waals surface area contributed by atoms with Crippen LogP contribution >= 0.6 is 0 Å². The van der Waals surface area contributed by atoms with Crippen molar-refractivity contribution in [1.29, 1.82) is 0 Å². The van der Waals surface area contributed by atoms with Gasteiger partial charge in [0.15, 0.2) is 0 Å². The molecule has 0 fully saturated rings. The standard InChI is InChI=1S/C31H46O/c1-6-8-16-32-30-19-26(25-14-12-22(3)13-15-25)18-28-24(7-2)20-31(5,21-29(28)30)27-11-9-10-23(4)17-27/h11,14,19,21-23,26H,6-10,12-13,15-18,20H2,1-5H3. The molecule has 4 unspecified atom stereocenters. The summed E-state index contributed by atoms with van der Waals surface area (Å²) in [6, 6.07) is 0. The van der Waals surface area contributed by atoms with Crippen LogP contribution in [0, 0.1) is 23.2 Å². The second kappa shape index (κ2) is 10.2. The third kappa shape index (κ3) is 5.02. The Labute approximate surface area is 197 Å². The van der Waals surface area contributed by atoms with Crippen LogP contribution in [0.15, 0.2) is 57.9 Å². The van der Waals surface area contributed by atoms with Gasteiger partial charge in [-0.1, -0.05) is 76.0 Å². The van der Waals surface area contributed by atoms with Crippen molar-refractivity contribution >= 4 is 0 Å². The Morgan fingerprint density at radius 1 is 1.06 bits per heavy atom. The summed E-state index contributed by atoms with van der Waals surface area (Å²) in [6.45, 7) is 12.8. The lowest BCUT2D eigenvalue weighted by Crippen LogP contribution is -2.28. The van der Waals surface area contributed by atoms with Gasteiger partial charge in [-0.05, 0) is 87.7 Å². The minimum atomic E-state index is 0.151. The summed E-state index contributed by atoms with van der Waals surface area (Å²) in [6.07, 6.45) is 23.8. The summed E-state index contributed by atoms with van der Waals surface area (Å²) in [5.41, 5.74) is 8.23. The quantitative estimate of drug-likeness (QED) is 0.286. The molecular formula is C31H46O. The summed E-state index contributed by atoms with van der Waals surface area (Å²) in [7, 11) is 0. The zero-order valence-electron chi connectivity index (χ0n) is 21.4. The zero-order chi connectivity index (χ0) is 22.7. The maximum absolute atomic E-state index is 6.54. The molecule has 0 heterocycles. The molecular weight excluding hydrogens is 388 g/mol. The van der Waals surface area contributed by atoms with Crippen molar-refractivity contribution in [3.8, 4) is 0 Å². The highest BCUT2D eigenvalue weighted by Gasteiger charge is 2.38. The third-order valence-corrected chi connectivity index (χ3v) is 8.56. The summed E-state index contributed by atoms with van der Waals surface area (Å²) in [5, 5.41) is 0. The number of fused-ring (bicyclic) bond motifs is 1. The van der Waals surface area contributed by atoms with Crippen LogP contribution in [0.5, 0.6) is 0 Å². The van der Waals surface area contributed by atoms with Gasteiger partial charge in [0.25, 0.3) is 0 Å². The largest absolute Gasteiger partial charge is 0.493 e. The molecule has 0 amide bonds. The highest BCUT2D eigenvalue weighted by Crippen LogP contribution is 2.52. The molecule has 0 radical (unpaired) electrons. The van der Waals surface area contributed by atoms with Crippen molar-refractivity contribution in [2.24, 2.45) is 23.2 Å². The van der Waals surface area contributed by atoms with E-state index in [2.05, 4.69) is 58.9 Å². The fourth-order valence-corrected chi connectivity index (χ4v) is 6.35. The molecule has 4 aliphatic carbocycles. The molecule has 0 aromatic rings. The Morgan fingerprint density at radius 2 is 1.91 bits per heavy atom. The normalized spacial score (nSPS) is 33.1. The first-order chi connectivity index (χ1) is 15.4. The Kier molecular flexibility index (Phi) is 7.53. The van der Waals surface area contributed by atoms with E-state index in [-0.39, 0.29) is 5.41 Å². The van der Waals surface area contributed by atoms with Crippen molar-refractivity contribution in [1.82, 2.24) is 0 Å². The number of hydrogen-bond donors (Lipinski definition) is 0. The predicted octanol–water partition coefficient (Wildman–Crippen LogP) is 9.24. The topological polar surface area (TPSA) is 9.23 Å². The first-order valence-electron chi connectivity index (χ1n) is 13.6. The maximum atomic E-state index is 6.54. The fraction of sp³-hybridized carbons (Fsp3) is 0.677. The van der Waals surface area contributed by atoms with Crippen molar-refractivity contribution in [3.05, 3.63) is 57.9 Å². The van der Waals surface area contributed by atoms with Crippen molar-refractivity contribution in [2.75, 3.05) is 6.61 Å². The molecule has 32 heavy (non-hydrogen) atoms. The van der Waals surface area contributed by atoms with Crippen molar-refractivity contribution < 1.29 is 4.74 Å². The van der Waals surface area contributed by atoms with Gasteiger partial charge in [-0.2, -0.15) is 0 Å². The molecule has 0 aliphatic heterocycles. The lowest BCUT2D eigenvalue weighted by molar-refractivity contribution is 0.209. The number of rotatable bonds is 7. The highest BCUT2D eigenvalue weighted by atomic mass is 16.5. The lowest BCUT2D eigenvalue weighted by Gasteiger charge is -2.41. The van der Waals surface area contributed by atoms with E-state index in [0.717, 1.165) is 31.3 Å². The van der Waals surface area contributed by atoms with Crippen LogP contribution in [-0.4, -0.2) is 6.61 Å². The van der Waals surface area contributed by atoms with Crippen LogP contribution in [-0.2, 0) is 4.74 Å². The van der Waals surface area contributed by atoms with Crippen LogP contribution in [0.2, 0.25) is 0 Å². The molecule has 0 aromatic heterocycles. The average molecular weight is 435 g/mol. The van der Waals surface area contributed by atoms with E-state index in [0.29, 0.717) is 5.92 Å². The Hall–Kier alpha value is -1.50. The highest BCUT2D eigenvalue weighted by molar-refractivity contribution is 5.56. The Morgan fingerprint density at radius 3 is 2.59 bits per heavy atom. The van der Waals surface area contributed by atoms with Gasteiger partial charge < -0.3 is 4.74 Å². The van der Waals surface area contributed by atoms with E-state index in [1.807, 2.05) is 0 Å². The molecule has 0 saturated carbocycles. The van der Waals surface area contributed by atoms with Crippen LogP contribution < -0.4 is 0 Å². The van der Waals surface area contributed by atoms with Crippen LogP contribution in [0.4, 0.5) is 0 Å². The number of ether oxygens (including phenoxy) is 1. The molecule has 4 rings (SSSR count). The summed E-state index contributed by atoms with van der Waals surface area (Å²) in [5.74, 6) is 3.37. The van der Waals surface area contributed by atoms with Gasteiger partial charge in [0.1, 0.15) is 5.76 Å². The monoisotopic (exact) mass is 434 g/mol. The van der Waals surface area contributed by atoms with E-state index in [4.69, 9.17) is 4.74 Å². The first-order valence-corrected chi connectivity index (χ1v) is 13.6. The van der Waals surface area contributed by atoms with Crippen LogP contribution in [0.25, 0.3) is 0 Å². The number of unbranched alkanes of at least 4 members (excludes halogenated alkanes) is 1. The van der Waals surface area contributed by atoms with Gasteiger partial charge in [-0.3, -0.25) is 0 Å². The van der Waals surface area contributed by atoms with Gasteiger partial charge in [0.2, 0.25) is 0 Å². The second-order valence-electron chi connectivity index (χ2n) is 11.4. The van der Waals surface area contributed by atoms with Crippen LogP contribution in [0.3, 0.4) is 0 Å². The number of allylic oxidation sites excluding steroid dienone is 8. The fourth-order valence-electron chi connectivity index (χ4n) is 6.35. The van der Waals surface area contributed by atoms with E-state index in [1.165, 1.54) is 69.1 Å². The number of hydrogen-bond acceptors (Lipinski definition) is 1. The molecule has 0 saturated heterocycles. The predicted molar refractivity (Wildman–Crippen MR) is 137 cm³/mol. The van der Waals surface area contributed by atoms with E-state index >= 15 is 0 Å². The van der Waals surface area contributed by atoms with Gasteiger partial charge in [-0.25, -0.2) is 0 Å². The summed E-state index contributed by atoms with van der Waals surface area (Å²) >= 11 is 0. The summed E-state index contributed by atoms with van der Waals surface area (Å²) < 4.78 is 6.54. The van der Waals surface area contributed by atoms with Crippen molar-refractivity contribution in [3.63, 3.8) is 0 Å². The Balaban J connectivity index is 1.72. The smallest absolute Gasteiger partial charge is 0.123 e. The molecule has 0 bridgehead atoms. The first kappa shape index (κ1) is 23.7. The zero-order valence-corrected chi connectivity index (χ0v) is 21.4. The van der Waals surface area contributed by atoms with Gasteiger partial charge in [0, 0.05) is 16.9 Å². The molecule has 1 heteroatoms. The van der Waals surface area contributed by atoms with Gasteiger partial charge in [0.05, 0.1) is 6.61 Å². The molecule has 0 N–H and O–H groups in total. The molecule has 4 aliphatic rings. The average Bonchev–Trinajstić information content (AvgIpc) is 2.79.